The molecule has 0 fully saturated rings. The fourth-order valence-electron chi connectivity index (χ4n) is 1.93. The standard InChI is InChI=1S/C15H19N3O2S/c1-12(16-2)13-7-6-8-14(11-13)21(19,20)18(3)15-9-4-5-10-17-15/h4-12,16H,1-3H3. The minimum absolute atomic E-state index is 0.0836. The maximum Gasteiger partial charge on any atom is 0.265 e. The van der Waals surface area contributed by atoms with Crippen LogP contribution in [0.15, 0.2) is 53.6 Å². The summed E-state index contributed by atoms with van der Waals surface area (Å²) in [5.41, 5.74) is 0.924. The molecule has 0 aliphatic rings. The third-order valence-corrected chi connectivity index (χ3v) is 5.18. The Morgan fingerprint density at radius 3 is 2.57 bits per heavy atom. The zero-order valence-electron chi connectivity index (χ0n) is 12.3. The van der Waals surface area contributed by atoms with E-state index in [1.807, 2.05) is 20.0 Å². The molecule has 5 nitrogen and oxygen atoms in total. The van der Waals surface area contributed by atoms with Crippen molar-refractivity contribution < 1.29 is 8.42 Å². The number of hydrogen-bond acceptors (Lipinski definition) is 4. The smallest absolute Gasteiger partial charge is 0.265 e. The van der Waals surface area contributed by atoms with Gasteiger partial charge in [-0.3, -0.25) is 4.31 Å². The molecule has 0 aliphatic carbocycles. The van der Waals surface area contributed by atoms with Crippen LogP contribution in [-0.2, 0) is 10.0 Å². The summed E-state index contributed by atoms with van der Waals surface area (Å²) in [4.78, 5) is 4.34. The topological polar surface area (TPSA) is 62.3 Å². The number of benzene rings is 1. The van der Waals surface area contributed by atoms with Crippen LogP contribution in [0.3, 0.4) is 0 Å². The molecule has 0 amide bonds. The van der Waals surface area contributed by atoms with E-state index in [-0.39, 0.29) is 10.9 Å². The summed E-state index contributed by atoms with van der Waals surface area (Å²) in [5.74, 6) is 0.393. The number of nitrogens with one attached hydrogen (secondary N) is 1. The van der Waals surface area contributed by atoms with Gasteiger partial charge in [-0.2, -0.15) is 0 Å². The van der Waals surface area contributed by atoms with Gasteiger partial charge in [0.15, 0.2) is 0 Å². The van der Waals surface area contributed by atoms with Gasteiger partial charge in [0.2, 0.25) is 0 Å². The monoisotopic (exact) mass is 305 g/mol. The number of sulfonamides is 1. The van der Waals surface area contributed by atoms with Gasteiger partial charge in [0, 0.05) is 19.3 Å². The first-order valence-corrected chi connectivity index (χ1v) is 8.08. The molecule has 0 radical (unpaired) electrons. The zero-order valence-corrected chi connectivity index (χ0v) is 13.1. The fourth-order valence-corrected chi connectivity index (χ4v) is 3.14. The average Bonchev–Trinajstić information content (AvgIpc) is 2.54. The van der Waals surface area contributed by atoms with Crippen molar-refractivity contribution in [2.75, 3.05) is 18.4 Å². The van der Waals surface area contributed by atoms with Crippen LogP contribution in [-0.4, -0.2) is 27.5 Å². The number of aromatic nitrogens is 1. The molecule has 21 heavy (non-hydrogen) atoms. The van der Waals surface area contributed by atoms with E-state index in [2.05, 4.69) is 10.3 Å². The van der Waals surface area contributed by atoms with Crippen molar-refractivity contribution in [3.8, 4) is 0 Å². The lowest BCUT2D eigenvalue weighted by atomic mass is 10.1. The van der Waals surface area contributed by atoms with Crippen LogP contribution in [0.25, 0.3) is 0 Å². The average molecular weight is 305 g/mol. The van der Waals surface area contributed by atoms with E-state index in [1.165, 1.54) is 11.4 Å². The predicted molar refractivity (Wildman–Crippen MR) is 83.7 cm³/mol. The van der Waals surface area contributed by atoms with Gasteiger partial charge >= 0.3 is 0 Å². The minimum Gasteiger partial charge on any atom is -0.313 e. The second-order valence-corrected chi connectivity index (χ2v) is 6.71. The predicted octanol–water partition coefficient (Wildman–Crippen LogP) is 2.19. The van der Waals surface area contributed by atoms with Crippen LogP contribution in [0.1, 0.15) is 18.5 Å². The Kier molecular flexibility index (Phi) is 4.59. The second-order valence-electron chi connectivity index (χ2n) is 4.74. The maximum atomic E-state index is 12.7. The highest BCUT2D eigenvalue weighted by Gasteiger charge is 2.22. The molecule has 0 saturated heterocycles. The molecule has 0 spiro atoms. The number of hydrogen-bond donors (Lipinski definition) is 1. The van der Waals surface area contributed by atoms with Crippen molar-refractivity contribution in [3.63, 3.8) is 0 Å². The Labute approximate surface area is 125 Å². The van der Waals surface area contributed by atoms with E-state index in [1.54, 1.807) is 42.6 Å². The largest absolute Gasteiger partial charge is 0.313 e. The third-order valence-electron chi connectivity index (χ3n) is 3.42. The van der Waals surface area contributed by atoms with Crippen molar-refractivity contribution in [1.29, 1.82) is 0 Å². The van der Waals surface area contributed by atoms with Crippen molar-refractivity contribution in [2.24, 2.45) is 0 Å². The fraction of sp³-hybridized carbons (Fsp3) is 0.267. The van der Waals surface area contributed by atoms with Crippen molar-refractivity contribution in [3.05, 3.63) is 54.2 Å². The molecule has 2 aromatic rings. The second kappa shape index (κ2) is 6.24. The van der Waals surface area contributed by atoms with Crippen LogP contribution >= 0.6 is 0 Å². The van der Waals surface area contributed by atoms with E-state index in [9.17, 15) is 8.42 Å². The van der Waals surface area contributed by atoms with Crippen molar-refractivity contribution in [2.45, 2.75) is 17.9 Å². The number of anilines is 1. The van der Waals surface area contributed by atoms with Gasteiger partial charge in [-0.15, -0.1) is 0 Å². The molecule has 0 bridgehead atoms. The minimum atomic E-state index is -3.61. The molecule has 2 rings (SSSR count). The summed E-state index contributed by atoms with van der Waals surface area (Å²) in [6.45, 7) is 1.98. The van der Waals surface area contributed by atoms with Crippen LogP contribution in [0, 0.1) is 0 Å². The van der Waals surface area contributed by atoms with Gasteiger partial charge in [0.25, 0.3) is 10.0 Å². The molecular formula is C15H19N3O2S. The summed E-state index contributed by atoms with van der Waals surface area (Å²) >= 11 is 0. The summed E-state index contributed by atoms with van der Waals surface area (Å²) in [6, 6.07) is 12.2. The number of rotatable bonds is 5. The van der Waals surface area contributed by atoms with Crippen molar-refractivity contribution >= 4 is 15.8 Å². The molecule has 6 heteroatoms. The zero-order chi connectivity index (χ0) is 15.5. The van der Waals surface area contributed by atoms with Crippen LogP contribution in [0.2, 0.25) is 0 Å². The SMILES string of the molecule is CNC(C)c1cccc(S(=O)(=O)N(C)c2ccccn2)c1. The summed E-state index contributed by atoms with van der Waals surface area (Å²) < 4.78 is 26.5. The molecule has 1 N–H and O–H groups in total. The number of nitrogens with zero attached hydrogens (tertiary/aromatic N) is 2. The third kappa shape index (κ3) is 3.22. The molecular weight excluding hydrogens is 286 g/mol. The Balaban J connectivity index is 2.40. The Morgan fingerprint density at radius 1 is 1.19 bits per heavy atom. The highest BCUT2D eigenvalue weighted by atomic mass is 32.2. The molecule has 112 valence electrons. The molecule has 1 unspecified atom stereocenters. The van der Waals surface area contributed by atoms with Gasteiger partial charge in [-0.05, 0) is 43.8 Å². The van der Waals surface area contributed by atoms with Gasteiger partial charge < -0.3 is 5.32 Å². The molecule has 1 atom stereocenters. The molecule has 1 aromatic carbocycles. The normalized spacial score (nSPS) is 12.9. The summed E-state index contributed by atoms with van der Waals surface area (Å²) in [7, 11) is -0.268. The highest BCUT2D eigenvalue weighted by molar-refractivity contribution is 7.92. The first-order valence-electron chi connectivity index (χ1n) is 6.64. The maximum absolute atomic E-state index is 12.7. The number of pyridine rings is 1. The Morgan fingerprint density at radius 2 is 1.95 bits per heavy atom. The summed E-state index contributed by atoms with van der Waals surface area (Å²) in [5, 5.41) is 3.10. The lowest BCUT2D eigenvalue weighted by molar-refractivity contribution is 0.593. The van der Waals surface area contributed by atoms with Crippen LogP contribution in [0.4, 0.5) is 5.82 Å². The van der Waals surface area contributed by atoms with Gasteiger partial charge in [0.05, 0.1) is 4.90 Å². The van der Waals surface area contributed by atoms with Gasteiger partial charge in [-0.1, -0.05) is 18.2 Å². The van der Waals surface area contributed by atoms with E-state index in [0.29, 0.717) is 5.82 Å². The summed E-state index contributed by atoms with van der Waals surface area (Å²) in [6.07, 6.45) is 1.57. The van der Waals surface area contributed by atoms with E-state index in [0.717, 1.165) is 5.56 Å². The first kappa shape index (κ1) is 15.5. The lowest BCUT2D eigenvalue weighted by Crippen LogP contribution is -2.27. The van der Waals surface area contributed by atoms with Gasteiger partial charge in [-0.25, -0.2) is 13.4 Å². The van der Waals surface area contributed by atoms with E-state index >= 15 is 0 Å². The van der Waals surface area contributed by atoms with Crippen LogP contribution < -0.4 is 9.62 Å². The van der Waals surface area contributed by atoms with E-state index < -0.39 is 10.0 Å². The Hall–Kier alpha value is -1.92. The van der Waals surface area contributed by atoms with Crippen molar-refractivity contribution in [1.82, 2.24) is 10.3 Å². The Bertz CT molecular complexity index is 702. The van der Waals surface area contributed by atoms with Gasteiger partial charge in [0.1, 0.15) is 5.82 Å². The molecule has 0 saturated carbocycles. The quantitative estimate of drug-likeness (QED) is 0.920. The first-order chi connectivity index (χ1) is 9.96. The van der Waals surface area contributed by atoms with Crippen LogP contribution in [0.5, 0.6) is 0 Å². The molecule has 1 aromatic heterocycles. The highest BCUT2D eigenvalue weighted by Crippen LogP contribution is 2.22. The lowest BCUT2D eigenvalue weighted by Gasteiger charge is -2.19. The van der Waals surface area contributed by atoms with E-state index in [4.69, 9.17) is 0 Å². The molecule has 1 heterocycles. The molecule has 0 aliphatic heterocycles.